The van der Waals surface area contributed by atoms with Gasteiger partial charge in [0, 0.05) is 43.7 Å². The number of hydrogen-bond acceptors (Lipinski definition) is 6. The van der Waals surface area contributed by atoms with E-state index in [0.29, 0.717) is 12.1 Å². The minimum atomic E-state index is -0.0324. The molecule has 3 heterocycles. The first kappa shape index (κ1) is 24.5. The average molecular weight is 502 g/mol. The summed E-state index contributed by atoms with van der Waals surface area (Å²) in [6, 6.07) is 18.3. The van der Waals surface area contributed by atoms with Gasteiger partial charge in [-0.15, -0.1) is 0 Å². The zero-order valence-electron chi connectivity index (χ0n) is 20.5. The highest BCUT2D eigenvalue weighted by Crippen LogP contribution is 2.28. The van der Waals surface area contributed by atoms with E-state index in [1.165, 1.54) is 11.1 Å². The number of thioether (sulfide) groups is 1. The number of hydrogen-bond donors (Lipinski definition) is 1. The summed E-state index contributed by atoms with van der Waals surface area (Å²) in [4.78, 5) is 24.1. The molecule has 0 saturated carbocycles. The van der Waals surface area contributed by atoms with E-state index in [-0.39, 0.29) is 5.91 Å². The van der Waals surface area contributed by atoms with Gasteiger partial charge >= 0.3 is 0 Å². The number of morpholine rings is 1. The monoisotopic (exact) mass is 501 g/mol. The van der Waals surface area contributed by atoms with Crippen LogP contribution in [0, 0.1) is 6.92 Å². The number of rotatable bonds is 9. The van der Waals surface area contributed by atoms with Gasteiger partial charge in [-0.05, 0) is 41.8 Å². The van der Waals surface area contributed by atoms with Gasteiger partial charge in [0.15, 0.2) is 5.16 Å². The van der Waals surface area contributed by atoms with Gasteiger partial charge in [-0.1, -0.05) is 48.2 Å². The molecule has 4 aromatic rings. The Morgan fingerprint density at radius 2 is 1.89 bits per heavy atom. The molecule has 1 saturated heterocycles. The maximum absolute atomic E-state index is 12.5. The second kappa shape index (κ2) is 11.7. The Kier molecular flexibility index (Phi) is 7.95. The van der Waals surface area contributed by atoms with Crippen LogP contribution in [0.3, 0.4) is 0 Å². The number of imidazole rings is 1. The van der Waals surface area contributed by atoms with Gasteiger partial charge in [0.05, 0.1) is 37.0 Å². The molecule has 0 aliphatic carbocycles. The molecule has 0 bridgehead atoms. The number of ether oxygens (including phenoxy) is 1. The number of benzene rings is 2. The smallest absolute Gasteiger partial charge is 0.251 e. The number of carbonyl (C=O) groups is 1. The second-order valence-electron chi connectivity index (χ2n) is 8.97. The minimum absolute atomic E-state index is 0.0324. The highest BCUT2D eigenvalue weighted by molar-refractivity contribution is 7.98. The van der Waals surface area contributed by atoms with E-state index in [1.54, 1.807) is 18.0 Å². The molecular formula is C28H31N5O2S. The van der Waals surface area contributed by atoms with E-state index in [2.05, 4.69) is 51.0 Å². The van der Waals surface area contributed by atoms with Crippen LogP contribution >= 0.6 is 11.8 Å². The fourth-order valence-corrected chi connectivity index (χ4v) is 5.29. The van der Waals surface area contributed by atoms with Crippen LogP contribution in [0.1, 0.15) is 27.0 Å². The molecule has 1 amide bonds. The standard InChI is InChI=1S/C28H31N5O2S/c1-21-4-2-3-5-24(21)19-33-26-18-29-11-10-25(26)31-28(33)36-20-22-6-8-23(9-7-22)27(34)30-12-13-32-14-16-35-17-15-32/h2-11,18H,12-17,19-20H2,1H3,(H,30,34). The number of amides is 1. The minimum Gasteiger partial charge on any atom is -0.379 e. The molecule has 1 N–H and O–H groups in total. The predicted molar refractivity (Wildman–Crippen MR) is 143 cm³/mol. The zero-order valence-corrected chi connectivity index (χ0v) is 21.3. The Bertz CT molecular complexity index is 1320. The van der Waals surface area contributed by atoms with Crippen molar-refractivity contribution in [1.29, 1.82) is 0 Å². The fourth-order valence-electron chi connectivity index (χ4n) is 4.32. The van der Waals surface area contributed by atoms with Crippen LogP contribution in [0.15, 0.2) is 72.1 Å². The van der Waals surface area contributed by atoms with E-state index >= 15 is 0 Å². The quantitative estimate of drug-likeness (QED) is 0.348. The van der Waals surface area contributed by atoms with Crippen molar-refractivity contribution in [3.63, 3.8) is 0 Å². The molecule has 7 nitrogen and oxygen atoms in total. The summed E-state index contributed by atoms with van der Waals surface area (Å²) in [5.74, 6) is 0.735. The summed E-state index contributed by atoms with van der Waals surface area (Å²) in [7, 11) is 0. The molecule has 0 spiro atoms. The number of fused-ring (bicyclic) bond motifs is 1. The summed E-state index contributed by atoms with van der Waals surface area (Å²) >= 11 is 1.70. The van der Waals surface area contributed by atoms with Crippen molar-refractivity contribution in [2.24, 2.45) is 0 Å². The Hall–Kier alpha value is -3.20. The Morgan fingerprint density at radius 1 is 1.08 bits per heavy atom. The Balaban J connectivity index is 1.21. The van der Waals surface area contributed by atoms with Gasteiger partial charge in [0.25, 0.3) is 5.91 Å². The first-order valence-electron chi connectivity index (χ1n) is 12.3. The van der Waals surface area contributed by atoms with Crippen molar-refractivity contribution in [3.05, 3.63) is 89.2 Å². The molecule has 0 radical (unpaired) electrons. The van der Waals surface area contributed by atoms with Crippen LogP contribution in [-0.4, -0.2) is 64.7 Å². The molecule has 8 heteroatoms. The van der Waals surface area contributed by atoms with E-state index in [9.17, 15) is 4.79 Å². The molecule has 186 valence electrons. The topological polar surface area (TPSA) is 72.3 Å². The zero-order chi connectivity index (χ0) is 24.7. The third-order valence-electron chi connectivity index (χ3n) is 6.51. The molecule has 1 aliphatic rings. The molecule has 2 aromatic carbocycles. The maximum Gasteiger partial charge on any atom is 0.251 e. The van der Waals surface area contributed by atoms with Gasteiger partial charge in [0.2, 0.25) is 0 Å². The van der Waals surface area contributed by atoms with Gasteiger partial charge in [-0.2, -0.15) is 0 Å². The number of carbonyl (C=O) groups excluding carboxylic acids is 1. The lowest BCUT2D eigenvalue weighted by atomic mass is 10.1. The number of aromatic nitrogens is 3. The number of nitrogens with one attached hydrogen (secondary N) is 1. The van der Waals surface area contributed by atoms with Crippen LogP contribution in [-0.2, 0) is 17.0 Å². The normalized spacial score (nSPS) is 14.2. The molecule has 1 aliphatic heterocycles. The number of pyridine rings is 1. The summed E-state index contributed by atoms with van der Waals surface area (Å²) in [5.41, 5.74) is 6.35. The van der Waals surface area contributed by atoms with Crippen molar-refractivity contribution in [3.8, 4) is 0 Å². The maximum atomic E-state index is 12.5. The van der Waals surface area contributed by atoms with E-state index in [0.717, 1.165) is 66.9 Å². The van der Waals surface area contributed by atoms with E-state index in [1.807, 2.05) is 36.5 Å². The SMILES string of the molecule is Cc1ccccc1Cn1c(SCc2ccc(C(=O)NCCN3CCOCC3)cc2)nc2ccncc21. The summed E-state index contributed by atoms with van der Waals surface area (Å²) < 4.78 is 7.61. The Labute approximate surface area is 215 Å². The molecule has 2 aromatic heterocycles. The fraction of sp³-hybridized carbons (Fsp3) is 0.321. The van der Waals surface area contributed by atoms with Gasteiger partial charge in [-0.3, -0.25) is 14.7 Å². The highest BCUT2D eigenvalue weighted by Gasteiger charge is 2.14. The Morgan fingerprint density at radius 3 is 2.69 bits per heavy atom. The summed E-state index contributed by atoms with van der Waals surface area (Å²) in [6.45, 7) is 7.78. The van der Waals surface area contributed by atoms with Crippen LogP contribution in [0.25, 0.3) is 11.0 Å². The number of aryl methyl sites for hydroxylation is 1. The van der Waals surface area contributed by atoms with Crippen molar-refractivity contribution < 1.29 is 9.53 Å². The summed E-state index contributed by atoms with van der Waals surface area (Å²) in [5, 5.41) is 3.99. The third kappa shape index (κ3) is 5.95. The molecule has 36 heavy (non-hydrogen) atoms. The van der Waals surface area contributed by atoms with E-state index < -0.39 is 0 Å². The lowest BCUT2D eigenvalue weighted by Gasteiger charge is -2.26. The third-order valence-corrected chi connectivity index (χ3v) is 7.55. The highest BCUT2D eigenvalue weighted by atomic mass is 32.2. The summed E-state index contributed by atoms with van der Waals surface area (Å²) in [6.07, 6.45) is 3.67. The molecular weight excluding hydrogens is 470 g/mol. The van der Waals surface area contributed by atoms with Crippen LogP contribution in [0.2, 0.25) is 0 Å². The van der Waals surface area contributed by atoms with Crippen molar-refractivity contribution in [2.45, 2.75) is 24.4 Å². The first-order chi connectivity index (χ1) is 17.7. The second-order valence-corrected chi connectivity index (χ2v) is 9.91. The van der Waals surface area contributed by atoms with Crippen LogP contribution in [0.4, 0.5) is 0 Å². The number of nitrogens with zero attached hydrogens (tertiary/aromatic N) is 4. The van der Waals surface area contributed by atoms with Gasteiger partial charge < -0.3 is 14.6 Å². The largest absolute Gasteiger partial charge is 0.379 e. The molecule has 0 atom stereocenters. The van der Waals surface area contributed by atoms with Gasteiger partial charge in [-0.25, -0.2) is 4.98 Å². The lowest BCUT2D eigenvalue weighted by Crippen LogP contribution is -2.41. The average Bonchev–Trinajstić information content (AvgIpc) is 3.27. The molecule has 1 fully saturated rings. The van der Waals surface area contributed by atoms with Gasteiger partial charge in [0.1, 0.15) is 0 Å². The van der Waals surface area contributed by atoms with Crippen LogP contribution < -0.4 is 5.32 Å². The molecule has 5 rings (SSSR count). The van der Waals surface area contributed by atoms with Crippen molar-refractivity contribution in [1.82, 2.24) is 24.8 Å². The van der Waals surface area contributed by atoms with Crippen LogP contribution in [0.5, 0.6) is 0 Å². The molecule has 0 unspecified atom stereocenters. The van der Waals surface area contributed by atoms with E-state index in [4.69, 9.17) is 9.72 Å². The lowest BCUT2D eigenvalue weighted by molar-refractivity contribution is 0.0383. The van der Waals surface area contributed by atoms with Crippen molar-refractivity contribution in [2.75, 3.05) is 39.4 Å². The van der Waals surface area contributed by atoms with Crippen molar-refractivity contribution >= 4 is 28.7 Å². The predicted octanol–water partition coefficient (Wildman–Crippen LogP) is 4.14. The first-order valence-corrected chi connectivity index (χ1v) is 13.3.